The lowest BCUT2D eigenvalue weighted by Crippen LogP contribution is -2.61. The number of carbonyl (C=O) groups excluding carboxylic acids is 2. The van der Waals surface area contributed by atoms with Crippen LogP contribution < -0.4 is 11.1 Å². The van der Waals surface area contributed by atoms with E-state index in [0.717, 1.165) is 11.3 Å². The van der Waals surface area contributed by atoms with Crippen molar-refractivity contribution in [3.63, 3.8) is 0 Å². The van der Waals surface area contributed by atoms with Crippen molar-refractivity contribution in [1.82, 2.24) is 10.2 Å². The lowest BCUT2D eigenvalue weighted by Gasteiger charge is -2.39. The van der Waals surface area contributed by atoms with E-state index in [-0.39, 0.29) is 6.54 Å². The Morgan fingerprint density at radius 3 is 2.31 bits per heavy atom. The van der Waals surface area contributed by atoms with E-state index in [9.17, 15) is 14.4 Å². The Kier molecular flexibility index (Phi) is 3.36. The molecule has 0 aromatic carbocycles. The number of rotatable bonds is 4. The summed E-state index contributed by atoms with van der Waals surface area (Å²) in [6, 6.07) is -0.596. The second kappa shape index (κ2) is 4.38. The van der Waals surface area contributed by atoms with Crippen LogP contribution in [0.1, 0.15) is 19.3 Å². The van der Waals surface area contributed by atoms with Crippen molar-refractivity contribution in [1.29, 1.82) is 0 Å². The van der Waals surface area contributed by atoms with Gasteiger partial charge in [-0.3, -0.25) is 4.79 Å². The zero-order valence-electron chi connectivity index (χ0n) is 9.02. The summed E-state index contributed by atoms with van der Waals surface area (Å²) in [6.07, 6.45) is 1.60. The number of hydrogen-bond donors (Lipinski definition) is 3. The maximum atomic E-state index is 11.5. The third kappa shape index (κ3) is 2.41. The number of carboxylic acids is 1. The Labute approximate surface area is 92.6 Å². The summed E-state index contributed by atoms with van der Waals surface area (Å²) in [4.78, 5) is 34.1. The van der Waals surface area contributed by atoms with Crippen LogP contribution >= 0.6 is 0 Å². The Bertz CT molecular complexity index is 325. The molecule has 0 unspecified atom stereocenters. The van der Waals surface area contributed by atoms with Crippen LogP contribution in [0.5, 0.6) is 0 Å². The van der Waals surface area contributed by atoms with E-state index in [1.54, 1.807) is 0 Å². The van der Waals surface area contributed by atoms with Gasteiger partial charge in [0.2, 0.25) is 5.91 Å². The van der Waals surface area contributed by atoms with Gasteiger partial charge in [0.05, 0.1) is 0 Å². The lowest BCUT2D eigenvalue weighted by atomic mass is 9.77. The number of nitrogens with zero attached hydrogens (tertiary/aromatic N) is 1. The number of hydrogen-bond acceptors (Lipinski definition) is 3. The molecule has 16 heavy (non-hydrogen) atoms. The average Bonchev–Trinajstić information content (AvgIpc) is 2.08. The molecule has 1 fully saturated rings. The van der Waals surface area contributed by atoms with Gasteiger partial charge < -0.3 is 21.1 Å². The first-order valence-electron chi connectivity index (χ1n) is 4.92. The summed E-state index contributed by atoms with van der Waals surface area (Å²) in [5.41, 5.74) is 3.76. The van der Waals surface area contributed by atoms with E-state index in [4.69, 9.17) is 10.8 Å². The zero-order chi connectivity index (χ0) is 12.3. The molecule has 0 heterocycles. The molecule has 4 N–H and O–H groups in total. The van der Waals surface area contributed by atoms with Crippen molar-refractivity contribution in [2.75, 3.05) is 13.6 Å². The van der Waals surface area contributed by atoms with Gasteiger partial charge in [0.15, 0.2) is 0 Å². The minimum Gasteiger partial charge on any atom is -0.480 e. The maximum Gasteiger partial charge on any atom is 0.329 e. The molecule has 0 saturated heterocycles. The van der Waals surface area contributed by atoms with Crippen LogP contribution in [0.4, 0.5) is 4.79 Å². The second-order valence-corrected chi connectivity index (χ2v) is 3.99. The van der Waals surface area contributed by atoms with Crippen molar-refractivity contribution in [2.45, 2.75) is 24.8 Å². The van der Waals surface area contributed by atoms with Crippen molar-refractivity contribution in [3.05, 3.63) is 0 Å². The fourth-order valence-electron chi connectivity index (χ4n) is 1.53. The van der Waals surface area contributed by atoms with Crippen LogP contribution in [-0.4, -0.2) is 47.0 Å². The van der Waals surface area contributed by atoms with E-state index in [0.29, 0.717) is 12.8 Å². The fraction of sp³-hybridized carbons (Fsp3) is 0.667. The first-order chi connectivity index (χ1) is 7.37. The highest BCUT2D eigenvalue weighted by molar-refractivity contribution is 5.88. The van der Waals surface area contributed by atoms with Crippen LogP contribution in [0.2, 0.25) is 0 Å². The topological polar surface area (TPSA) is 113 Å². The van der Waals surface area contributed by atoms with E-state index in [2.05, 4.69) is 5.32 Å². The summed E-state index contributed by atoms with van der Waals surface area (Å²) in [6.45, 7) is -0.235. The summed E-state index contributed by atoms with van der Waals surface area (Å²) in [5, 5.41) is 11.4. The van der Waals surface area contributed by atoms with Gasteiger partial charge in [-0.1, -0.05) is 0 Å². The van der Waals surface area contributed by atoms with E-state index in [1.165, 1.54) is 7.05 Å². The molecule has 0 aliphatic heterocycles. The maximum absolute atomic E-state index is 11.5. The quantitative estimate of drug-likeness (QED) is 0.581. The predicted octanol–water partition coefficient (Wildman–Crippen LogP) is -0.880. The molecule has 0 aromatic rings. The highest BCUT2D eigenvalue weighted by Crippen LogP contribution is 2.32. The van der Waals surface area contributed by atoms with E-state index >= 15 is 0 Å². The molecular weight excluding hydrogens is 214 g/mol. The Balaban J connectivity index is 2.56. The Hall–Kier alpha value is -1.79. The molecule has 0 radical (unpaired) electrons. The van der Waals surface area contributed by atoms with Crippen LogP contribution in [-0.2, 0) is 9.59 Å². The Morgan fingerprint density at radius 1 is 1.44 bits per heavy atom. The molecule has 0 bridgehead atoms. The molecular formula is C9H15N3O4. The average molecular weight is 229 g/mol. The molecule has 3 amide bonds. The molecule has 0 atom stereocenters. The third-order valence-electron chi connectivity index (χ3n) is 2.70. The summed E-state index contributed by atoms with van der Waals surface area (Å²) in [5.74, 6) is -1.68. The molecule has 7 nitrogen and oxygen atoms in total. The highest BCUT2D eigenvalue weighted by Gasteiger charge is 2.46. The summed E-state index contributed by atoms with van der Waals surface area (Å²) in [7, 11) is 1.38. The van der Waals surface area contributed by atoms with Crippen LogP contribution in [0, 0.1) is 0 Å². The van der Waals surface area contributed by atoms with Gasteiger partial charge in [0.1, 0.15) is 12.1 Å². The van der Waals surface area contributed by atoms with Gasteiger partial charge in [-0.15, -0.1) is 0 Å². The predicted molar refractivity (Wildman–Crippen MR) is 54.6 cm³/mol. The minimum absolute atomic E-state index is 0.235. The number of primary amides is 1. The third-order valence-corrected chi connectivity index (χ3v) is 2.70. The second-order valence-electron chi connectivity index (χ2n) is 3.99. The number of carbonyl (C=O) groups is 3. The molecule has 90 valence electrons. The zero-order valence-corrected chi connectivity index (χ0v) is 9.02. The molecule has 0 aromatic heterocycles. The van der Waals surface area contributed by atoms with E-state index < -0.39 is 23.4 Å². The minimum atomic E-state index is -1.16. The molecule has 1 rings (SSSR count). The van der Waals surface area contributed by atoms with Crippen molar-refractivity contribution >= 4 is 17.9 Å². The van der Waals surface area contributed by atoms with Gasteiger partial charge in [-0.2, -0.15) is 0 Å². The van der Waals surface area contributed by atoms with Crippen LogP contribution in [0.15, 0.2) is 0 Å². The van der Waals surface area contributed by atoms with Gasteiger partial charge in [0.25, 0.3) is 0 Å². The summed E-state index contributed by atoms with van der Waals surface area (Å²) < 4.78 is 0. The molecule has 7 heteroatoms. The highest BCUT2D eigenvalue weighted by atomic mass is 16.4. The number of aliphatic carboxylic acids is 1. The SMILES string of the molecule is CN(CC(N)=O)C(=O)NC1(C(=O)O)CCC1. The number of urea groups is 1. The number of amides is 3. The monoisotopic (exact) mass is 229 g/mol. The standard InChI is InChI=1S/C9H15N3O4/c1-12(5-6(10)13)8(16)11-9(7(14)15)3-2-4-9/h2-5H2,1H3,(H2,10,13)(H,11,16)(H,14,15). The number of carboxylic acid groups (broad SMARTS) is 1. The first-order valence-corrected chi connectivity index (χ1v) is 4.92. The number of nitrogens with two attached hydrogens (primary N) is 1. The van der Waals surface area contributed by atoms with Crippen LogP contribution in [0.3, 0.4) is 0 Å². The van der Waals surface area contributed by atoms with Gasteiger partial charge >= 0.3 is 12.0 Å². The van der Waals surface area contributed by atoms with Crippen LogP contribution in [0.25, 0.3) is 0 Å². The van der Waals surface area contributed by atoms with Gasteiger partial charge in [-0.25, -0.2) is 9.59 Å². The van der Waals surface area contributed by atoms with Gasteiger partial charge in [0, 0.05) is 7.05 Å². The molecule has 1 aliphatic rings. The normalized spacial score (nSPS) is 17.1. The smallest absolute Gasteiger partial charge is 0.329 e. The van der Waals surface area contributed by atoms with Crippen molar-refractivity contribution in [3.8, 4) is 0 Å². The summed E-state index contributed by atoms with van der Waals surface area (Å²) >= 11 is 0. The fourth-order valence-corrected chi connectivity index (χ4v) is 1.53. The van der Waals surface area contributed by atoms with Crippen molar-refractivity contribution in [2.24, 2.45) is 5.73 Å². The lowest BCUT2D eigenvalue weighted by molar-refractivity contribution is -0.148. The molecule has 1 saturated carbocycles. The van der Waals surface area contributed by atoms with E-state index in [1.807, 2.05) is 0 Å². The van der Waals surface area contributed by atoms with Crippen molar-refractivity contribution < 1.29 is 19.5 Å². The Morgan fingerprint density at radius 2 is 2.00 bits per heavy atom. The molecule has 1 aliphatic carbocycles. The van der Waals surface area contributed by atoms with Gasteiger partial charge in [-0.05, 0) is 19.3 Å². The molecule has 0 spiro atoms. The number of likely N-dealkylation sites (N-methyl/N-ethyl adjacent to an activating group) is 1. The number of nitrogens with one attached hydrogen (secondary N) is 1. The largest absolute Gasteiger partial charge is 0.480 e. The first kappa shape index (κ1) is 12.3.